The van der Waals surface area contributed by atoms with Crippen molar-refractivity contribution in [3.8, 4) is 0 Å². The summed E-state index contributed by atoms with van der Waals surface area (Å²) in [6.07, 6.45) is 2.19. The molecule has 3 nitrogen and oxygen atoms in total. The van der Waals surface area contributed by atoms with Crippen LogP contribution in [0.4, 0.5) is 0 Å². The van der Waals surface area contributed by atoms with Crippen LogP contribution in [0.5, 0.6) is 0 Å². The SMILES string of the molecule is C[n+]1ccccc1CC(N)=O. The van der Waals surface area contributed by atoms with Gasteiger partial charge in [-0.1, -0.05) is 6.07 Å². The average molecular weight is 151 g/mol. The first kappa shape index (κ1) is 7.72. The first-order chi connectivity index (χ1) is 5.20. The molecule has 0 saturated heterocycles. The predicted octanol–water partition coefficient (Wildman–Crippen LogP) is -0.461. The van der Waals surface area contributed by atoms with Gasteiger partial charge in [0.2, 0.25) is 5.91 Å². The van der Waals surface area contributed by atoms with Crippen LogP contribution in [0.25, 0.3) is 0 Å². The van der Waals surface area contributed by atoms with Gasteiger partial charge in [-0.25, -0.2) is 4.57 Å². The number of rotatable bonds is 2. The van der Waals surface area contributed by atoms with Crippen LogP contribution in [-0.4, -0.2) is 5.91 Å². The number of nitrogens with zero attached hydrogens (tertiary/aromatic N) is 1. The lowest BCUT2D eigenvalue weighted by molar-refractivity contribution is -0.678. The van der Waals surface area contributed by atoms with Crippen molar-refractivity contribution in [2.45, 2.75) is 6.42 Å². The number of amides is 1. The largest absolute Gasteiger partial charge is 0.369 e. The second kappa shape index (κ2) is 3.14. The van der Waals surface area contributed by atoms with E-state index in [-0.39, 0.29) is 5.91 Å². The Morgan fingerprint density at radius 2 is 2.36 bits per heavy atom. The van der Waals surface area contributed by atoms with Gasteiger partial charge in [0.15, 0.2) is 11.9 Å². The first-order valence-electron chi connectivity index (χ1n) is 3.42. The van der Waals surface area contributed by atoms with Crippen LogP contribution in [0.1, 0.15) is 5.69 Å². The first-order valence-corrected chi connectivity index (χ1v) is 3.42. The zero-order valence-corrected chi connectivity index (χ0v) is 6.45. The fourth-order valence-electron chi connectivity index (χ4n) is 0.921. The molecule has 3 heteroatoms. The van der Waals surface area contributed by atoms with Crippen molar-refractivity contribution in [3.63, 3.8) is 0 Å². The summed E-state index contributed by atoms with van der Waals surface area (Å²) in [6.45, 7) is 0. The van der Waals surface area contributed by atoms with Gasteiger partial charge in [0.05, 0.1) is 0 Å². The van der Waals surface area contributed by atoms with E-state index >= 15 is 0 Å². The van der Waals surface area contributed by atoms with Gasteiger partial charge in [-0.2, -0.15) is 0 Å². The van der Waals surface area contributed by atoms with E-state index in [1.165, 1.54) is 0 Å². The molecular weight excluding hydrogens is 140 g/mol. The number of carbonyl (C=O) groups excluding carboxylic acids is 1. The maximum atomic E-state index is 10.5. The molecule has 0 atom stereocenters. The zero-order chi connectivity index (χ0) is 8.27. The molecule has 0 aromatic carbocycles. The number of hydrogen-bond acceptors (Lipinski definition) is 1. The molecule has 0 aliphatic heterocycles. The van der Waals surface area contributed by atoms with Crippen LogP contribution in [0.3, 0.4) is 0 Å². The van der Waals surface area contributed by atoms with Gasteiger partial charge >= 0.3 is 0 Å². The Morgan fingerprint density at radius 3 is 2.91 bits per heavy atom. The standard InChI is InChI=1S/C8H10N2O/c1-10-5-3-2-4-7(10)6-8(9)11/h2-5H,6H2,1H3,(H-,9,11)/p+1. The molecule has 1 amide bonds. The summed E-state index contributed by atoms with van der Waals surface area (Å²) in [5, 5.41) is 0. The third kappa shape index (κ3) is 2.04. The minimum atomic E-state index is -0.299. The van der Waals surface area contributed by atoms with Crippen LogP contribution in [0.15, 0.2) is 24.4 Å². The Labute approximate surface area is 65.5 Å². The molecule has 58 valence electrons. The monoisotopic (exact) mass is 151 g/mol. The van der Waals surface area contributed by atoms with Gasteiger partial charge in [-0.3, -0.25) is 4.79 Å². The van der Waals surface area contributed by atoms with Gasteiger partial charge in [-0.15, -0.1) is 0 Å². The Morgan fingerprint density at radius 1 is 1.64 bits per heavy atom. The summed E-state index contributed by atoms with van der Waals surface area (Å²) in [7, 11) is 1.89. The summed E-state index contributed by atoms with van der Waals surface area (Å²) < 4.78 is 1.88. The van der Waals surface area contributed by atoms with E-state index in [9.17, 15) is 4.79 Å². The van der Waals surface area contributed by atoms with Crippen LogP contribution in [0.2, 0.25) is 0 Å². The molecule has 1 aromatic rings. The van der Waals surface area contributed by atoms with Crippen LogP contribution < -0.4 is 10.3 Å². The smallest absolute Gasteiger partial charge is 0.228 e. The van der Waals surface area contributed by atoms with Crippen molar-refractivity contribution in [2.24, 2.45) is 12.8 Å². The molecule has 11 heavy (non-hydrogen) atoms. The Kier molecular flexibility index (Phi) is 2.21. The second-order valence-corrected chi connectivity index (χ2v) is 2.45. The molecule has 0 unspecified atom stereocenters. The van der Waals surface area contributed by atoms with Gasteiger partial charge in [0.1, 0.15) is 13.5 Å². The zero-order valence-electron chi connectivity index (χ0n) is 6.45. The maximum absolute atomic E-state index is 10.5. The molecule has 0 aliphatic carbocycles. The van der Waals surface area contributed by atoms with Gasteiger partial charge in [0.25, 0.3) is 0 Å². The lowest BCUT2D eigenvalue weighted by atomic mass is 10.2. The minimum Gasteiger partial charge on any atom is -0.369 e. The minimum absolute atomic E-state index is 0.299. The number of carbonyl (C=O) groups is 1. The fraction of sp³-hybridized carbons (Fsp3) is 0.250. The third-order valence-electron chi connectivity index (χ3n) is 1.52. The van der Waals surface area contributed by atoms with Crippen LogP contribution in [0, 0.1) is 0 Å². The molecule has 1 aromatic heterocycles. The number of hydrogen-bond donors (Lipinski definition) is 1. The number of aromatic nitrogens is 1. The van der Waals surface area contributed by atoms with Crippen LogP contribution in [-0.2, 0) is 18.3 Å². The van der Waals surface area contributed by atoms with Crippen molar-refractivity contribution in [1.29, 1.82) is 0 Å². The average Bonchev–Trinajstić information content (AvgIpc) is 1.93. The van der Waals surface area contributed by atoms with Gasteiger partial charge in [0, 0.05) is 12.1 Å². The van der Waals surface area contributed by atoms with E-state index in [2.05, 4.69) is 0 Å². The van der Waals surface area contributed by atoms with Gasteiger partial charge in [-0.05, 0) is 0 Å². The Hall–Kier alpha value is -1.38. The summed E-state index contributed by atoms with van der Waals surface area (Å²) in [4.78, 5) is 10.5. The summed E-state index contributed by atoms with van der Waals surface area (Å²) in [5.41, 5.74) is 5.97. The van der Waals surface area contributed by atoms with E-state index in [1.54, 1.807) is 0 Å². The van der Waals surface area contributed by atoms with E-state index in [0.717, 1.165) is 5.69 Å². The molecule has 2 N–H and O–H groups in total. The molecule has 0 bridgehead atoms. The highest BCUT2D eigenvalue weighted by Gasteiger charge is 2.06. The molecular formula is C8H11N2O+. The third-order valence-corrected chi connectivity index (χ3v) is 1.52. The number of aryl methyl sites for hydroxylation is 1. The van der Waals surface area contributed by atoms with Crippen LogP contribution >= 0.6 is 0 Å². The predicted molar refractivity (Wildman–Crippen MR) is 40.5 cm³/mol. The second-order valence-electron chi connectivity index (χ2n) is 2.45. The molecule has 1 heterocycles. The Balaban J connectivity index is 2.86. The Bertz CT molecular complexity index is 271. The summed E-state index contributed by atoms with van der Waals surface area (Å²) in [5.74, 6) is -0.299. The van der Waals surface area contributed by atoms with Crippen molar-refractivity contribution in [3.05, 3.63) is 30.1 Å². The molecule has 0 radical (unpaired) electrons. The molecule has 0 saturated carbocycles. The number of nitrogens with two attached hydrogens (primary N) is 1. The lowest BCUT2D eigenvalue weighted by Crippen LogP contribution is -2.35. The van der Waals surface area contributed by atoms with E-state index < -0.39 is 0 Å². The quantitative estimate of drug-likeness (QED) is 0.571. The summed E-state index contributed by atoms with van der Waals surface area (Å²) in [6, 6.07) is 5.67. The highest BCUT2D eigenvalue weighted by molar-refractivity contribution is 5.75. The van der Waals surface area contributed by atoms with Crippen molar-refractivity contribution in [2.75, 3.05) is 0 Å². The number of pyridine rings is 1. The maximum Gasteiger partial charge on any atom is 0.228 e. The van der Waals surface area contributed by atoms with Crippen molar-refractivity contribution >= 4 is 5.91 Å². The summed E-state index contributed by atoms with van der Waals surface area (Å²) >= 11 is 0. The van der Waals surface area contributed by atoms with E-state index in [0.29, 0.717) is 6.42 Å². The molecule has 0 aliphatic rings. The highest BCUT2D eigenvalue weighted by Crippen LogP contribution is 1.90. The fourth-order valence-corrected chi connectivity index (χ4v) is 0.921. The molecule has 0 spiro atoms. The topological polar surface area (TPSA) is 47.0 Å². The molecule has 0 fully saturated rings. The van der Waals surface area contributed by atoms with Crippen molar-refractivity contribution < 1.29 is 9.36 Å². The lowest BCUT2D eigenvalue weighted by Gasteiger charge is -1.94. The normalized spacial score (nSPS) is 9.55. The molecule has 1 rings (SSSR count). The number of primary amides is 1. The van der Waals surface area contributed by atoms with E-state index in [4.69, 9.17) is 5.73 Å². The van der Waals surface area contributed by atoms with Crippen molar-refractivity contribution in [1.82, 2.24) is 0 Å². The highest BCUT2D eigenvalue weighted by atomic mass is 16.1. The van der Waals surface area contributed by atoms with Gasteiger partial charge < -0.3 is 5.73 Å². The van der Waals surface area contributed by atoms with E-state index in [1.807, 2.05) is 36.0 Å².